The molecular weight excluding hydrogens is 512 g/mol. The molecule has 38 heavy (non-hydrogen) atoms. The van der Waals surface area contributed by atoms with Crippen molar-refractivity contribution in [3.05, 3.63) is 23.4 Å². The summed E-state index contributed by atoms with van der Waals surface area (Å²) < 4.78 is 16.4. The molecule has 3 rings (SSSR count). The molecule has 0 spiro atoms. The fourth-order valence-corrected chi connectivity index (χ4v) is 5.02. The van der Waals surface area contributed by atoms with Crippen LogP contribution in [0.4, 0.5) is 17.5 Å². The number of nitrogens with zero attached hydrogens (tertiary/aromatic N) is 3. The van der Waals surface area contributed by atoms with Gasteiger partial charge in [-0.05, 0) is 44.2 Å². The minimum atomic E-state index is -0.00667. The highest BCUT2D eigenvalue weighted by Gasteiger charge is 2.32. The first-order chi connectivity index (χ1) is 18.3. The Hall–Kier alpha value is -3.47. The molecule has 1 fully saturated rings. The number of halogens is 1. The molecule has 11 nitrogen and oxygen atoms in total. The van der Waals surface area contributed by atoms with E-state index >= 15 is 0 Å². The highest BCUT2D eigenvalue weighted by atomic mass is 35.5. The van der Waals surface area contributed by atoms with E-state index < -0.39 is 0 Å². The van der Waals surface area contributed by atoms with Crippen LogP contribution in [0.1, 0.15) is 33.1 Å². The Bertz CT molecular complexity index is 1090. The quantitative estimate of drug-likeness (QED) is 0.365. The lowest BCUT2D eigenvalue weighted by atomic mass is 9.85. The number of hydrogen-bond donors (Lipinski definition) is 3. The molecule has 2 atom stereocenters. The average Bonchev–Trinajstić information content (AvgIpc) is 2.89. The molecule has 2 heterocycles. The van der Waals surface area contributed by atoms with Gasteiger partial charge in [0.05, 0.1) is 33.2 Å². The third kappa shape index (κ3) is 7.31. The van der Waals surface area contributed by atoms with E-state index in [9.17, 15) is 9.59 Å². The van der Waals surface area contributed by atoms with Gasteiger partial charge >= 0.3 is 0 Å². The number of methoxy groups -OCH3 is 3. The van der Waals surface area contributed by atoms with E-state index in [4.69, 9.17) is 30.8 Å². The standard InChI is InChI=1S/C26H37ClN6O5/c1-6-28-21(34)11-16-10-17(12-22(35)29-7-2)15-33(14-16)25-18(27)13-30-26(32-25)31-19-8-9-20(36-3)24(38-5)23(19)37-4/h8-9,13,16-17H,6-7,10-12,14-15H2,1-5H3,(H,28,34)(H,29,35)(H,30,31,32)/t16-,17+. The number of carbonyl (C=O) groups excluding carboxylic acids is 2. The molecule has 1 saturated heterocycles. The summed E-state index contributed by atoms with van der Waals surface area (Å²) in [6, 6.07) is 3.53. The molecule has 0 radical (unpaired) electrons. The summed E-state index contributed by atoms with van der Waals surface area (Å²) in [5.41, 5.74) is 0.584. The van der Waals surface area contributed by atoms with Crippen molar-refractivity contribution in [1.29, 1.82) is 0 Å². The van der Waals surface area contributed by atoms with Crippen LogP contribution in [0.25, 0.3) is 0 Å². The number of ether oxygens (including phenoxy) is 3. The maximum atomic E-state index is 12.4. The maximum Gasteiger partial charge on any atom is 0.229 e. The van der Waals surface area contributed by atoms with Gasteiger partial charge in [-0.2, -0.15) is 4.98 Å². The summed E-state index contributed by atoms with van der Waals surface area (Å²) in [5, 5.41) is 9.30. The van der Waals surface area contributed by atoms with Crippen LogP contribution in [0.2, 0.25) is 5.02 Å². The molecule has 12 heteroatoms. The lowest BCUT2D eigenvalue weighted by Crippen LogP contribution is -2.44. The van der Waals surface area contributed by atoms with Crippen LogP contribution in [0, 0.1) is 11.8 Å². The number of carbonyl (C=O) groups is 2. The topological polar surface area (TPSA) is 127 Å². The molecule has 3 N–H and O–H groups in total. The maximum absolute atomic E-state index is 12.4. The lowest BCUT2D eigenvalue weighted by Gasteiger charge is -2.38. The van der Waals surface area contributed by atoms with Crippen molar-refractivity contribution in [3.63, 3.8) is 0 Å². The second-order valence-electron chi connectivity index (χ2n) is 9.06. The molecule has 0 saturated carbocycles. The number of amides is 2. The largest absolute Gasteiger partial charge is 0.493 e. The van der Waals surface area contributed by atoms with Gasteiger partial charge in [-0.15, -0.1) is 0 Å². The van der Waals surface area contributed by atoms with E-state index in [0.717, 1.165) is 6.42 Å². The zero-order valence-electron chi connectivity index (χ0n) is 22.6. The first kappa shape index (κ1) is 29.1. The summed E-state index contributed by atoms with van der Waals surface area (Å²) >= 11 is 6.57. The predicted octanol–water partition coefficient (Wildman–Crippen LogP) is 3.39. The normalized spacial score (nSPS) is 16.9. The van der Waals surface area contributed by atoms with Crippen LogP contribution < -0.4 is 35.1 Å². The van der Waals surface area contributed by atoms with E-state index in [-0.39, 0.29) is 23.7 Å². The molecular formula is C26H37ClN6O5. The lowest BCUT2D eigenvalue weighted by molar-refractivity contribution is -0.122. The highest BCUT2D eigenvalue weighted by Crippen LogP contribution is 2.43. The Kier molecular flexibility index (Phi) is 10.6. The van der Waals surface area contributed by atoms with Crippen LogP contribution in [0.15, 0.2) is 18.3 Å². The van der Waals surface area contributed by atoms with Gasteiger partial charge in [-0.1, -0.05) is 11.6 Å². The molecule has 1 aromatic carbocycles. The average molecular weight is 549 g/mol. The van der Waals surface area contributed by atoms with Gasteiger partial charge in [0.2, 0.25) is 23.5 Å². The number of aromatic nitrogens is 2. The third-order valence-corrected chi connectivity index (χ3v) is 6.56. The number of piperidine rings is 1. The van der Waals surface area contributed by atoms with E-state index in [1.807, 2.05) is 18.7 Å². The van der Waals surface area contributed by atoms with Crippen LogP contribution in [0.3, 0.4) is 0 Å². The molecule has 0 unspecified atom stereocenters. The van der Waals surface area contributed by atoms with Crippen molar-refractivity contribution < 1.29 is 23.8 Å². The fourth-order valence-electron chi connectivity index (χ4n) is 4.81. The van der Waals surface area contributed by atoms with Crippen molar-refractivity contribution in [3.8, 4) is 17.2 Å². The zero-order chi connectivity index (χ0) is 27.7. The van der Waals surface area contributed by atoms with Crippen LogP contribution in [-0.4, -0.2) is 69.3 Å². The minimum Gasteiger partial charge on any atom is -0.493 e. The first-order valence-electron chi connectivity index (χ1n) is 12.7. The van der Waals surface area contributed by atoms with Gasteiger partial charge in [-0.3, -0.25) is 9.59 Å². The SMILES string of the molecule is CCNC(=O)C[C@@H]1C[C@H](CC(=O)NCC)CN(c2nc(Nc3ccc(OC)c(OC)c3OC)ncc2Cl)C1. The first-order valence-corrected chi connectivity index (χ1v) is 13.1. The summed E-state index contributed by atoms with van der Waals surface area (Å²) in [4.78, 5) is 35.8. The molecule has 1 aromatic heterocycles. The van der Waals surface area contributed by atoms with Crippen molar-refractivity contribution >= 4 is 40.9 Å². The Morgan fingerprint density at radius 3 is 2.11 bits per heavy atom. The number of hydrogen-bond acceptors (Lipinski definition) is 9. The van der Waals surface area contributed by atoms with E-state index in [2.05, 4.69) is 20.9 Å². The summed E-state index contributed by atoms with van der Waals surface area (Å²) in [5.74, 6) is 2.32. The van der Waals surface area contributed by atoms with Gasteiger partial charge in [-0.25, -0.2) is 4.98 Å². The van der Waals surface area contributed by atoms with Gasteiger partial charge in [0.15, 0.2) is 17.3 Å². The van der Waals surface area contributed by atoms with E-state index in [0.29, 0.717) is 78.7 Å². The molecule has 1 aliphatic rings. The molecule has 0 aliphatic carbocycles. The smallest absolute Gasteiger partial charge is 0.229 e. The van der Waals surface area contributed by atoms with Crippen molar-refractivity contribution in [1.82, 2.24) is 20.6 Å². The van der Waals surface area contributed by atoms with Crippen molar-refractivity contribution in [2.45, 2.75) is 33.1 Å². The van der Waals surface area contributed by atoms with E-state index in [1.165, 1.54) is 20.4 Å². The predicted molar refractivity (Wildman–Crippen MR) is 147 cm³/mol. The second kappa shape index (κ2) is 13.9. The van der Waals surface area contributed by atoms with E-state index in [1.54, 1.807) is 19.2 Å². The fraction of sp³-hybridized carbons (Fsp3) is 0.538. The Labute approximate surface area is 228 Å². The number of nitrogens with one attached hydrogen (secondary N) is 3. The monoisotopic (exact) mass is 548 g/mol. The minimum absolute atomic E-state index is 0.00667. The van der Waals surface area contributed by atoms with Crippen LogP contribution >= 0.6 is 11.6 Å². The Balaban J connectivity index is 1.89. The van der Waals surface area contributed by atoms with Crippen LogP contribution in [-0.2, 0) is 9.59 Å². The number of anilines is 3. The zero-order valence-corrected chi connectivity index (χ0v) is 23.4. The molecule has 208 valence electrons. The molecule has 2 aromatic rings. The van der Waals surface area contributed by atoms with Gasteiger partial charge in [0.1, 0.15) is 5.02 Å². The molecule has 2 amide bonds. The summed E-state index contributed by atoms with van der Waals surface area (Å²) in [6.07, 6.45) is 3.03. The van der Waals surface area contributed by atoms with Gasteiger partial charge < -0.3 is 35.1 Å². The highest BCUT2D eigenvalue weighted by molar-refractivity contribution is 6.32. The van der Waals surface area contributed by atoms with Crippen molar-refractivity contribution in [2.75, 3.05) is 57.7 Å². The number of benzene rings is 1. The molecule has 0 bridgehead atoms. The van der Waals surface area contributed by atoms with Crippen LogP contribution in [0.5, 0.6) is 17.2 Å². The van der Waals surface area contributed by atoms with Crippen molar-refractivity contribution in [2.24, 2.45) is 11.8 Å². The third-order valence-electron chi connectivity index (χ3n) is 6.30. The Morgan fingerprint density at radius 2 is 1.58 bits per heavy atom. The summed E-state index contributed by atoms with van der Waals surface area (Å²) in [7, 11) is 4.62. The Morgan fingerprint density at radius 1 is 0.974 bits per heavy atom. The van der Waals surface area contributed by atoms with Gasteiger partial charge in [0.25, 0.3) is 0 Å². The second-order valence-corrected chi connectivity index (χ2v) is 9.47. The number of rotatable bonds is 12. The van der Waals surface area contributed by atoms with Gasteiger partial charge in [0, 0.05) is 39.0 Å². The molecule has 1 aliphatic heterocycles. The summed E-state index contributed by atoms with van der Waals surface area (Å²) in [6.45, 7) is 6.10.